The molecule has 2 fully saturated rings. The van der Waals surface area contributed by atoms with Crippen molar-refractivity contribution in [1.82, 2.24) is 29.7 Å². The van der Waals surface area contributed by atoms with E-state index in [1.54, 1.807) is 10.9 Å². The first kappa shape index (κ1) is 17.9. The van der Waals surface area contributed by atoms with Crippen LogP contribution in [0.2, 0.25) is 0 Å². The number of carbonyl (C=O) groups excluding carboxylic acids is 1. The Morgan fingerprint density at radius 2 is 2.13 bits per heavy atom. The number of fused-ring (bicyclic) bond motifs is 2. The van der Waals surface area contributed by atoms with Crippen LogP contribution in [0.1, 0.15) is 46.9 Å². The number of aromatic nitrogens is 5. The van der Waals surface area contributed by atoms with Gasteiger partial charge in [0.05, 0.1) is 18.4 Å². The molecule has 3 atom stereocenters. The Kier molecular flexibility index (Phi) is 4.06. The van der Waals surface area contributed by atoms with Crippen LogP contribution < -0.4 is 5.32 Å². The SMILES string of the molecule is O=C(NC1CC2C=CC(Cl)=CC21)c1cn(Cc2cn3cc(C4CC4)ccc3n2)nn1. The van der Waals surface area contributed by atoms with Crippen LogP contribution in [0.4, 0.5) is 0 Å². The maximum absolute atomic E-state index is 12.6. The summed E-state index contributed by atoms with van der Waals surface area (Å²) in [4.78, 5) is 17.3. The van der Waals surface area contributed by atoms with E-state index >= 15 is 0 Å². The van der Waals surface area contributed by atoms with Gasteiger partial charge in [-0.3, -0.25) is 4.79 Å². The summed E-state index contributed by atoms with van der Waals surface area (Å²) < 4.78 is 3.72. The zero-order valence-electron chi connectivity index (χ0n) is 16.3. The third-order valence-electron chi connectivity index (χ3n) is 6.32. The summed E-state index contributed by atoms with van der Waals surface area (Å²) in [5.74, 6) is 1.23. The number of hydrogen-bond acceptors (Lipinski definition) is 4. The number of rotatable bonds is 5. The number of nitrogens with one attached hydrogen (secondary N) is 1. The third kappa shape index (κ3) is 3.23. The van der Waals surface area contributed by atoms with Crippen LogP contribution in [-0.2, 0) is 6.54 Å². The van der Waals surface area contributed by atoms with Crippen molar-refractivity contribution in [1.29, 1.82) is 0 Å². The molecule has 1 N–H and O–H groups in total. The van der Waals surface area contributed by atoms with E-state index < -0.39 is 0 Å². The number of imidazole rings is 1. The highest BCUT2D eigenvalue weighted by Gasteiger charge is 2.40. The van der Waals surface area contributed by atoms with Crippen LogP contribution in [-0.4, -0.2) is 36.3 Å². The molecule has 3 aromatic rings. The lowest BCUT2D eigenvalue weighted by Crippen LogP contribution is -2.51. The Morgan fingerprint density at radius 3 is 3.00 bits per heavy atom. The Morgan fingerprint density at radius 1 is 1.23 bits per heavy atom. The fourth-order valence-electron chi connectivity index (χ4n) is 4.45. The topological polar surface area (TPSA) is 77.1 Å². The first-order chi connectivity index (χ1) is 14.6. The van der Waals surface area contributed by atoms with Gasteiger partial charge >= 0.3 is 0 Å². The Labute approximate surface area is 178 Å². The molecule has 0 bridgehead atoms. The lowest BCUT2D eigenvalue weighted by atomic mass is 9.67. The number of nitrogens with zero attached hydrogens (tertiary/aromatic N) is 5. The number of pyridine rings is 1. The Hall–Kier alpha value is -2.93. The highest BCUT2D eigenvalue weighted by atomic mass is 35.5. The van der Waals surface area contributed by atoms with Crippen molar-refractivity contribution in [2.24, 2.45) is 11.8 Å². The van der Waals surface area contributed by atoms with Gasteiger partial charge in [-0.15, -0.1) is 5.10 Å². The minimum Gasteiger partial charge on any atom is -0.347 e. The van der Waals surface area contributed by atoms with Crippen LogP contribution in [0.25, 0.3) is 5.65 Å². The zero-order valence-corrected chi connectivity index (χ0v) is 17.0. The normalized spacial score (nSPS) is 25.0. The molecule has 1 amide bonds. The van der Waals surface area contributed by atoms with Gasteiger partial charge < -0.3 is 9.72 Å². The largest absolute Gasteiger partial charge is 0.347 e. The lowest BCUT2D eigenvalue weighted by molar-refractivity contribution is 0.0856. The van der Waals surface area contributed by atoms with Crippen molar-refractivity contribution in [3.05, 3.63) is 70.9 Å². The first-order valence-corrected chi connectivity index (χ1v) is 10.7. The maximum Gasteiger partial charge on any atom is 0.273 e. The summed E-state index contributed by atoms with van der Waals surface area (Å²) >= 11 is 6.09. The molecular weight excluding hydrogens is 400 g/mol. The van der Waals surface area contributed by atoms with E-state index in [1.165, 1.54) is 18.4 Å². The van der Waals surface area contributed by atoms with Crippen LogP contribution in [0.3, 0.4) is 0 Å². The maximum atomic E-state index is 12.6. The number of halogens is 1. The van der Waals surface area contributed by atoms with Gasteiger partial charge in [0, 0.05) is 29.4 Å². The van der Waals surface area contributed by atoms with Gasteiger partial charge in [0.15, 0.2) is 5.69 Å². The summed E-state index contributed by atoms with van der Waals surface area (Å²) in [7, 11) is 0. The lowest BCUT2D eigenvalue weighted by Gasteiger charge is -2.43. The van der Waals surface area contributed by atoms with E-state index in [0.717, 1.165) is 22.8 Å². The molecule has 3 heterocycles. The van der Waals surface area contributed by atoms with Gasteiger partial charge in [-0.05, 0) is 48.8 Å². The van der Waals surface area contributed by atoms with Crippen molar-refractivity contribution in [2.75, 3.05) is 0 Å². The van der Waals surface area contributed by atoms with Gasteiger partial charge in [0.1, 0.15) is 5.65 Å². The summed E-state index contributed by atoms with van der Waals surface area (Å²) in [5, 5.41) is 12.0. The van der Waals surface area contributed by atoms with Gasteiger partial charge in [0.25, 0.3) is 5.91 Å². The van der Waals surface area contributed by atoms with Crippen molar-refractivity contribution in [3.8, 4) is 0 Å². The van der Waals surface area contributed by atoms with E-state index in [0.29, 0.717) is 24.1 Å². The fourth-order valence-corrected chi connectivity index (χ4v) is 4.67. The Balaban J connectivity index is 1.12. The fraction of sp³-hybridized carbons (Fsp3) is 0.364. The van der Waals surface area contributed by atoms with E-state index in [2.05, 4.69) is 49.4 Å². The van der Waals surface area contributed by atoms with Gasteiger partial charge in [-0.25, -0.2) is 9.67 Å². The van der Waals surface area contributed by atoms with E-state index in [1.807, 2.05) is 18.3 Å². The molecule has 3 aliphatic carbocycles. The van der Waals surface area contributed by atoms with Crippen molar-refractivity contribution >= 4 is 23.2 Å². The van der Waals surface area contributed by atoms with Crippen LogP contribution in [0.5, 0.6) is 0 Å². The summed E-state index contributed by atoms with van der Waals surface area (Å²) in [6.07, 6.45) is 15.4. The smallest absolute Gasteiger partial charge is 0.273 e. The number of carbonyl (C=O) groups is 1. The molecule has 30 heavy (non-hydrogen) atoms. The van der Waals surface area contributed by atoms with E-state index in [-0.39, 0.29) is 17.9 Å². The Bertz CT molecular complexity index is 1200. The molecule has 0 saturated heterocycles. The highest BCUT2D eigenvalue weighted by molar-refractivity contribution is 6.31. The molecule has 0 aromatic carbocycles. The van der Waals surface area contributed by atoms with Crippen molar-refractivity contribution < 1.29 is 4.79 Å². The van der Waals surface area contributed by atoms with Crippen molar-refractivity contribution in [2.45, 2.75) is 37.8 Å². The minimum absolute atomic E-state index is 0.0884. The molecule has 0 radical (unpaired) electrons. The van der Waals surface area contributed by atoms with Crippen LogP contribution >= 0.6 is 11.6 Å². The number of allylic oxidation sites excluding steroid dienone is 3. The second kappa shape index (κ2) is 6.80. The van der Waals surface area contributed by atoms with Gasteiger partial charge in [-0.1, -0.05) is 35.0 Å². The number of amides is 1. The second-order valence-electron chi connectivity index (χ2n) is 8.50. The molecule has 2 saturated carbocycles. The predicted octanol–water partition coefficient (Wildman–Crippen LogP) is 3.28. The van der Waals surface area contributed by atoms with E-state index in [9.17, 15) is 4.79 Å². The highest BCUT2D eigenvalue weighted by Crippen LogP contribution is 2.41. The molecule has 0 spiro atoms. The van der Waals surface area contributed by atoms with Crippen molar-refractivity contribution in [3.63, 3.8) is 0 Å². The quantitative estimate of drug-likeness (QED) is 0.687. The predicted molar refractivity (Wildman–Crippen MR) is 112 cm³/mol. The summed E-state index contributed by atoms with van der Waals surface area (Å²) in [6, 6.07) is 4.31. The average molecular weight is 421 g/mol. The second-order valence-corrected chi connectivity index (χ2v) is 8.94. The zero-order chi connectivity index (χ0) is 20.2. The molecule has 3 unspecified atom stereocenters. The molecular formula is C22H21ClN6O. The summed E-state index contributed by atoms with van der Waals surface area (Å²) in [6.45, 7) is 0.470. The molecule has 8 heteroatoms. The average Bonchev–Trinajstić information content (AvgIpc) is 3.34. The van der Waals surface area contributed by atoms with E-state index in [4.69, 9.17) is 11.6 Å². The number of hydrogen-bond donors (Lipinski definition) is 1. The van der Waals surface area contributed by atoms with Gasteiger partial charge in [-0.2, -0.15) is 0 Å². The monoisotopic (exact) mass is 420 g/mol. The molecule has 3 aliphatic rings. The molecule has 3 aromatic heterocycles. The minimum atomic E-state index is -0.201. The molecule has 7 nitrogen and oxygen atoms in total. The standard InChI is InChI=1S/C22H21ClN6O/c23-16-5-3-14-7-19(18(14)8-16)25-22(30)20-12-29(27-26-20)11-17-10-28-9-15(13-1-2-13)4-6-21(28)24-17/h3-6,8-10,12-14,18-19H,1-2,7,11H2,(H,25,30). The molecule has 6 rings (SSSR count). The van der Waals surface area contributed by atoms with Crippen LogP contribution in [0.15, 0.2) is 54.0 Å². The first-order valence-electron chi connectivity index (χ1n) is 10.4. The van der Waals surface area contributed by atoms with Gasteiger partial charge in [0.2, 0.25) is 0 Å². The molecule has 152 valence electrons. The summed E-state index contributed by atoms with van der Waals surface area (Å²) in [5.41, 5.74) is 3.49. The third-order valence-corrected chi connectivity index (χ3v) is 6.58. The molecule has 0 aliphatic heterocycles. The van der Waals surface area contributed by atoms with Crippen LogP contribution in [0, 0.1) is 11.8 Å².